The summed E-state index contributed by atoms with van der Waals surface area (Å²) < 4.78 is 33.3. The van der Waals surface area contributed by atoms with Gasteiger partial charge in [0.1, 0.15) is 0 Å². The Kier molecular flexibility index (Phi) is 8.23. The minimum atomic E-state index is -3.63. The number of halogens is 1. The number of sulfonamides is 1. The average Bonchev–Trinajstić information content (AvgIpc) is 2.87. The third kappa shape index (κ3) is 5.67. The molecule has 2 aromatic carbocycles. The van der Waals surface area contributed by atoms with Gasteiger partial charge in [0.15, 0.2) is 0 Å². The molecule has 2 aliphatic heterocycles. The number of ether oxygens (including phenoxy) is 1. The average molecular weight is 547 g/mol. The molecule has 198 valence electrons. The molecule has 0 unspecified atom stereocenters. The molecule has 2 aromatic rings. The van der Waals surface area contributed by atoms with E-state index in [0.717, 1.165) is 0 Å². The zero-order valence-electron chi connectivity index (χ0n) is 21.1. The van der Waals surface area contributed by atoms with Crippen molar-refractivity contribution in [1.82, 2.24) is 19.4 Å². The van der Waals surface area contributed by atoms with Crippen molar-refractivity contribution in [2.75, 3.05) is 39.8 Å². The Hall–Kier alpha value is -2.92. The molecule has 2 amide bonds. The first-order chi connectivity index (χ1) is 17.6. The van der Waals surface area contributed by atoms with Crippen LogP contribution in [0.4, 0.5) is 4.79 Å². The predicted molar refractivity (Wildman–Crippen MR) is 140 cm³/mol. The highest BCUT2D eigenvalue weighted by Crippen LogP contribution is 2.32. The highest BCUT2D eigenvalue weighted by Gasteiger charge is 2.39. The molecule has 0 radical (unpaired) electrons. The van der Waals surface area contributed by atoms with Crippen molar-refractivity contribution < 1.29 is 22.7 Å². The fourth-order valence-corrected chi connectivity index (χ4v) is 6.52. The molecule has 0 saturated carbocycles. The molecule has 11 heteroatoms. The van der Waals surface area contributed by atoms with E-state index in [-0.39, 0.29) is 36.7 Å². The molecule has 4 rings (SSSR count). The van der Waals surface area contributed by atoms with Crippen LogP contribution < -0.4 is 5.32 Å². The van der Waals surface area contributed by atoms with E-state index in [2.05, 4.69) is 10.2 Å². The van der Waals surface area contributed by atoms with Crippen LogP contribution in [0, 0.1) is 0 Å². The number of rotatable bonds is 7. The minimum Gasteiger partial charge on any atom is -0.463 e. The van der Waals surface area contributed by atoms with Crippen LogP contribution >= 0.6 is 11.6 Å². The van der Waals surface area contributed by atoms with Crippen LogP contribution in [0.5, 0.6) is 0 Å². The largest absolute Gasteiger partial charge is 0.463 e. The van der Waals surface area contributed by atoms with Crippen molar-refractivity contribution in [3.05, 3.63) is 76.5 Å². The van der Waals surface area contributed by atoms with Gasteiger partial charge in [-0.3, -0.25) is 9.80 Å². The number of benzene rings is 2. The molecule has 1 fully saturated rings. The van der Waals surface area contributed by atoms with Crippen molar-refractivity contribution in [2.24, 2.45) is 0 Å². The van der Waals surface area contributed by atoms with E-state index < -0.39 is 22.0 Å². The molecule has 2 heterocycles. The Morgan fingerprint density at radius 2 is 1.78 bits per heavy atom. The van der Waals surface area contributed by atoms with Crippen LogP contribution in [0.25, 0.3) is 0 Å². The van der Waals surface area contributed by atoms with E-state index in [9.17, 15) is 18.0 Å². The van der Waals surface area contributed by atoms with Crippen molar-refractivity contribution >= 4 is 33.6 Å². The monoisotopic (exact) mass is 546 g/mol. The van der Waals surface area contributed by atoms with Crippen LogP contribution in [0.3, 0.4) is 0 Å². The normalized spacial score (nSPS) is 21.6. The van der Waals surface area contributed by atoms with E-state index in [1.54, 1.807) is 68.6 Å². The maximum Gasteiger partial charge on any atom is 0.338 e. The van der Waals surface area contributed by atoms with E-state index in [1.165, 1.54) is 9.21 Å². The van der Waals surface area contributed by atoms with Crippen LogP contribution in [-0.2, 0) is 19.6 Å². The predicted octanol–water partition coefficient (Wildman–Crippen LogP) is 3.25. The Morgan fingerprint density at radius 1 is 1.11 bits per heavy atom. The van der Waals surface area contributed by atoms with Crippen LogP contribution in [0.2, 0.25) is 5.02 Å². The first-order valence-electron chi connectivity index (χ1n) is 12.1. The molecule has 0 aliphatic carbocycles. The molecule has 0 bridgehead atoms. The summed E-state index contributed by atoms with van der Waals surface area (Å²) in [5, 5.41) is 3.44. The fourth-order valence-electron chi connectivity index (χ4n) is 4.76. The maximum absolute atomic E-state index is 13.2. The van der Waals surface area contributed by atoms with Crippen molar-refractivity contribution in [3.63, 3.8) is 0 Å². The number of nitrogens with zero attached hydrogens (tertiary/aromatic N) is 3. The second-order valence-corrected chi connectivity index (χ2v) is 11.4. The van der Waals surface area contributed by atoms with Gasteiger partial charge in [0.2, 0.25) is 10.0 Å². The summed E-state index contributed by atoms with van der Waals surface area (Å²) in [5.41, 5.74) is 1.57. The molecule has 37 heavy (non-hydrogen) atoms. The summed E-state index contributed by atoms with van der Waals surface area (Å²) in [6.07, 6.45) is 0. The lowest BCUT2D eigenvalue weighted by molar-refractivity contribution is -0.139. The molecule has 0 aromatic heterocycles. The Bertz CT molecular complexity index is 1280. The number of amides is 2. The van der Waals surface area contributed by atoms with Gasteiger partial charge in [0.25, 0.3) is 0 Å². The van der Waals surface area contributed by atoms with Crippen LogP contribution in [0.15, 0.2) is 70.8 Å². The summed E-state index contributed by atoms with van der Waals surface area (Å²) in [6.45, 7) is 5.23. The first kappa shape index (κ1) is 27.1. The van der Waals surface area contributed by atoms with Gasteiger partial charge in [-0.2, -0.15) is 4.31 Å². The molecule has 1 saturated heterocycles. The van der Waals surface area contributed by atoms with Crippen LogP contribution in [-0.4, -0.2) is 80.4 Å². The Morgan fingerprint density at radius 3 is 2.41 bits per heavy atom. The van der Waals surface area contributed by atoms with Crippen molar-refractivity contribution in [2.45, 2.75) is 30.8 Å². The third-order valence-corrected chi connectivity index (χ3v) is 8.93. The quantitative estimate of drug-likeness (QED) is 0.535. The number of hydrogen-bond donors (Lipinski definition) is 1. The van der Waals surface area contributed by atoms with Gasteiger partial charge in [-0.1, -0.05) is 41.9 Å². The van der Waals surface area contributed by atoms with Gasteiger partial charge in [-0.25, -0.2) is 18.0 Å². The number of likely N-dealkylation sites (N-methyl/N-ethyl adjacent to an activating group) is 1. The number of hydrogen-bond acceptors (Lipinski definition) is 6. The molecular weight excluding hydrogens is 516 g/mol. The highest BCUT2D eigenvalue weighted by molar-refractivity contribution is 7.89. The van der Waals surface area contributed by atoms with Gasteiger partial charge in [0, 0.05) is 50.0 Å². The lowest BCUT2D eigenvalue weighted by atomic mass is 9.94. The molecule has 1 N–H and O–H groups in total. The van der Waals surface area contributed by atoms with Crippen molar-refractivity contribution in [1.29, 1.82) is 0 Å². The van der Waals surface area contributed by atoms with Gasteiger partial charge in [-0.15, -0.1) is 0 Å². The fraction of sp³-hybridized carbons (Fsp3) is 0.385. The van der Waals surface area contributed by atoms with Gasteiger partial charge in [0.05, 0.1) is 23.1 Å². The molecule has 9 nitrogen and oxygen atoms in total. The SMILES string of the molecule is CCOC(=O)C1=C(CN2CCN(S(=O)(=O)c3ccccc3)[C@@H](C)C2)N(C)C(=O)N[C@@H]1c1ccc(Cl)cc1. The number of carbonyl (C=O) groups is 2. The van der Waals surface area contributed by atoms with E-state index in [0.29, 0.717) is 34.9 Å². The Balaban J connectivity index is 1.62. The minimum absolute atomic E-state index is 0.188. The zero-order chi connectivity index (χ0) is 26.7. The zero-order valence-corrected chi connectivity index (χ0v) is 22.6. The second kappa shape index (κ2) is 11.2. The first-order valence-corrected chi connectivity index (χ1v) is 13.9. The lowest BCUT2D eigenvalue weighted by Crippen LogP contribution is -2.56. The lowest BCUT2D eigenvalue weighted by Gasteiger charge is -2.41. The number of carbonyl (C=O) groups excluding carboxylic acids is 2. The smallest absolute Gasteiger partial charge is 0.338 e. The summed E-state index contributed by atoms with van der Waals surface area (Å²) >= 11 is 6.05. The van der Waals surface area contributed by atoms with Crippen LogP contribution in [0.1, 0.15) is 25.5 Å². The van der Waals surface area contributed by atoms with Gasteiger partial charge in [-0.05, 0) is 43.7 Å². The van der Waals surface area contributed by atoms with E-state index >= 15 is 0 Å². The highest BCUT2D eigenvalue weighted by atomic mass is 35.5. The molecule has 0 spiro atoms. The summed E-state index contributed by atoms with van der Waals surface area (Å²) in [6, 6.07) is 14.0. The summed E-state index contributed by atoms with van der Waals surface area (Å²) in [4.78, 5) is 29.8. The second-order valence-electron chi connectivity index (χ2n) is 9.09. The van der Waals surface area contributed by atoms with Crippen molar-refractivity contribution in [3.8, 4) is 0 Å². The number of nitrogens with one attached hydrogen (secondary N) is 1. The summed E-state index contributed by atoms with van der Waals surface area (Å²) in [7, 11) is -2.02. The Labute approximate surface area is 222 Å². The van der Waals surface area contributed by atoms with E-state index in [1.807, 2.05) is 6.92 Å². The van der Waals surface area contributed by atoms with Gasteiger partial charge < -0.3 is 10.1 Å². The number of piperazine rings is 1. The maximum atomic E-state index is 13.2. The molecule has 2 atom stereocenters. The topological polar surface area (TPSA) is 99.3 Å². The molecule has 2 aliphatic rings. The number of urea groups is 1. The standard InChI is InChI=1S/C26H31ClN4O5S/c1-4-36-25(32)23-22(29(3)26(33)28-24(23)19-10-12-20(27)13-11-19)17-30-14-15-31(18(2)16-30)37(34,35)21-8-6-5-7-9-21/h5-13,18,24H,4,14-17H2,1-3H3,(H,28,33)/t18-,24+/m0/s1. The third-order valence-electron chi connectivity index (χ3n) is 6.65. The van der Waals surface area contributed by atoms with E-state index in [4.69, 9.17) is 16.3 Å². The molecular formula is C26H31ClN4O5S. The number of esters is 1. The summed E-state index contributed by atoms with van der Waals surface area (Å²) in [5.74, 6) is -0.511. The van der Waals surface area contributed by atoms with Gasteiger partial charge >= 0.3 is 12.0 Å².